The number of carbonyl (C=O) groups excluding carboxylic acids is 1. The van der Waals surface area contributed by atoms with E-state index in [9.17, 15) is 9.59 Å². The molecule has 2 aliphatic rings. The maximum absolute atomic E-state index is 12.3. The molecule has 2 fully saturated rings. The van der Waals surface area contributed by atoms with Crippen LogP contribution in [-0.2, 0) is 9.53 Å². The minimum atomic E-state index is -0.905. The Kier molecular flexibility index (Phi) is 5.08. The highest BCUT2D eigenvalue weighted by Gasteiger charge is 2.39. The van der Waals surface area contributed by atoms with Crippen molar-refractivity contribution in [3.63, 3.8) is 0 Å². The van der Waals surface area contributed by atoms with Gasteiger partial charge in [0.15, 0.2) is 0 Å². The topological polar surface area (TPSA) is 78.9 Å². The largest absolute Gasteiger partial charge is 0.481 e. The van der Waals surface area contributed by atoms with Crippen molar-refractivity contribution < 1.29 is 19.4 Å². The zero-order valence-corrected chi connectivity index (χ0v) is 13.0. The molecular weight excluding hydrogens is 272 g/mol. The van der Waals surface area contributed by atoms with Crippen molar-refractivity contribution in [3.05, 3.63) is 0 Å². The second-order valence-corrected chi connectivity index (χ2v) is 6.57. The quantitative estimate of drug-likeness (QED) is 0.828. The van der Waals surface area contributed by atoms with Crippen molar-refractivity contribution in [1.29, 1.82) is 0 Å². The van der Waals surface area contributed by atoms with Crippen LogP contribution in [0.25, 0.3) is 0 Å². The van der Waals surface area contributed by atoms with E-state index in [1.54, 1.807) is 7.05 Å². The number of amides is 2. The predicted octanol–water partition coefficient (Wildman–Crippen LogP) is 1.55. The Morgan fingerprint density at radius 2 is 1.90 bits per heavy atom. The Morgan fingerprint density at radius 3 is 2.52 bits per heavy atom. The fourth-order valence-corrected chi connectivity index (χ4v) is 3.27. The molecule has 2 N–H and O–H groups in total. The van der Waals surface area contributed by atoms with Crippen LogP contribution in [0.5, 0.6) is 0 Å². The molecule has 0 spiro atoms. The van der Waals surface area contributed by atoms with E-state index < -0.39 is 11.9 Å². The SMILES string of the molecule is CC1CCC(NC(=O)N(C)C2COCC2C(=O)O)CC1C. The lowest BCUT2D eigenvalue weighted by atomic mass is 9.79. The molecule has 1 aliphatic carbocycles. The van der Waals surface area contributed by atoms with Gasteiger partial charge in [-0.05, 0) is 31.1 Å². The number of aliphatic carboxylic acids is 1. The molecule has 1 saturated heterocycles. The maximum atomic E-state index is 12.3. The van der Waals surface area contributed by atoms with Crippen molar-refractivity contribution >= 4 is 12.0 Å². The molecule has 0 aromatic heterocycles. The van der Waals surface area contributed by atoms with Gasteiger partial charge in [0.1, 0.15) is 5.92 Å². The van der Waals surface area contributed by atoms with Crippen molar-refractivity contribution in [1.82, 2.24) is 10.2 Å². The summed E-state index contributed by atoms with van der Waals surface area (Å²) in [5.41, 5.74) is 0. The molecule has 1 saturated carbocycles. The summed E-state index contributed by atoms with van der Waals surface area (Å²) in [7, 11) is 1.65. The molecule has 5 atom stereocenters. The zero-order chi connectivity index (χ0) is 15.6. The average Bonchev–Trinajstić information content (AvgIpc) is 2.91. The third-order valence-electron chi connectivity index (χ3n) is 5.11. The van der Waals surface area contributed by atoms with Gasteiger partial charge in [-0.1, -0.05) is 13.8 Å². The molecule has 0 radical (unpaired) electrons. The molecule has 120 valence electrons. The maximum Gasteiger partial charge on any atom is 0.317 e. The molecule has 0 aromatic rings. The first kappa shape index (κ1) is 16.1. The van der Waals surface area contributed by atoms with Crippen LogP contribution in [-0.4, -0.2) is 54.4 Å². The van der Waals surface area contributed by atoms with E-state index in [0.717, 1.165) is 19.3 Å². The number of nitrogens with one attached hydrogen (secondary N) is 1. The van der Waals surface area contributed by atoms with Crippen LogP contribution in [0.2, 0.25) is 0 Å². The molecule has 2 rings (SSSR count). The Morgan fingerprint density at radius 1 is 1.19 bits per heavy atom. The van der Waals surface area contributed by atoms with E-state index in [1.807, 2.05) is 0 Å². The lowest BCUT2D eigenvalue weighted by Gasteiger charge is -2.34. The zero-order valence-electron chi connectivity index (χ0n) is 13.0. The summed E-state index contributed by atoms with van der Waals surface area (Å²) in [5.74, 6) is -0.227. The van der Waals surface area contributed by atoms with Gasteiger partial charge in [0.05, 0.1) is 19.3 Å². The lowest BCUT2D eigenvalue weighted by molar-refractivity contribution is -0.142. The third-order valence-corrected chi connectivity index (χ3v) is 5.11. The van der Waals surface area contributed by atoms with Crippen LogP contribution in [0.3, 0.4) is 0 Å². The monoisotopic (exact) mass is 298 g/mol. The molecular formula is C15H26N2O4. The number of carboxylic acids is 1. The van der Waals surface area contributed by atoms with Gasteiger partial charge >= 0.3 is 12.0 Å². The lowest BCUT2D eigenvalue weighted by Crippen LogP contribution is -2.51. The number of ether oxygens (including phenoxy) is 1. The van der Waals surface area contributed by atoms with E-state index in [-0.39, 0.29) is 24.7 Å². The van der Waals surface area contributed by atoms with Gasteiger partial charge in [0.25, 0.3) is 0 Å². The molecule has 6 heteroatoms. The molecule has 6 nitrogen and oxygen atoms in total. The fraction of sp³-hybridized carbons (Fsp3) is 0.867. The minimum absolute atomic E-state index is 0.176. The molecule has 21 heavy (non-hydrogen) atoms. The summed E-state index contributed by atoms with van der Waals surface area (Å²) in [6.07, 6.45) is 3.11. The van der Waals surface area contributed by atoms with Gasteiger partial charge in [0.2, 0.25) is 0 Å². The smallest absolute Gasteiger partial charge is 0.317 e. The van der Waals surface area contributed by atoms with Crippen molar-refractivity contribution in [2.45, 2.75) is 45.2 Å². The first-order chi connectivity index (χ1) is 9.90. The third kappa shape index (κ3) is 3.67. The number of hydrogen-bond acceptors (Lipinski definition) is 3. The van der Waals surface area contributed by atoms with Crippen LogP contribution in [0.15, 0.2) is 0 Å². The summed E-state index contributed by atoms with van der Waals surface area (Å²) in [5, 5.41) is 12.2. The molecule has 5 unspecified atom stereocenters. The fourth-order valence-electron chi connectivity index (χ4n) is 3.27. The molecule has 0 bridgehead atoms. The van der Waals surface area contributed by atoms with Crippen LogP contribution in [0.4, 0.5) is 4.79 Å². The predicted molar refractivity (Wildman–Crippen MR) is 78.0 cm³/mol. The van der Waals surface area contributed by atoms with E-state index in [4.69, 9.17) is 9.84 Å². The van der Waals surface area contributed by atoms with Gasteiger partial charge in [0, 0.05) is 13.1 Å². The van der Waals surface area contributed by atoms with Crippen molar-refractivity contribution in [2.24, 2.45) is 17.8 Å². The number of nitrogens with zero attached hydrogens (tertiary/aromatic N) is 1. The highest BCUT2D eigenvalue weighted by atomic mass is 16.5. The molecule has 0 aromatic carbocycles. The second kappa shape index (κ2) is 6.64. The number of carboxylic acid groups (broad SMARTS) is 1. The number of rotatable bonds is 3. The van der Waals surface area contributed by atoms with Crippen LogP contribution in [0, 0.1) is 17.8 Å². The normalized spacial score (nSPS) is 36.2. The van der Waals surface area contributed by atoms with Crippen LogP contribution in [0.1, 0.15) is 33.1 Å². The molecule has 1 heterocycles. The average molecular weight is 298 g/mol. The Hall–Kier alpha value is -1.30. The van der Waals surface area contributed by atoms with E-state index in [1.165, 1.54) is 4.90 Å². The minimum Gasteiger partial charge on any atom is -0.481 e. The number of likely N-dealkylation sites (N-methyl/N-ethyl adjacent to an activating group) is 1. The van der Waals surface area contributed by atoms with E-state index in [0.29, 0.717) is 18.4 Å². The number of urea groups is 1. The van der Waals surface area contributed by atoms with Gasteiger partial charge in [-0.2, -0.15) is 0 Å². The molecule has 2 amide bonds. The van der Waals surface area contributed by atoms with Gasteiger partial charge in [-0.15, -0.1) is 0 Å². The Balaban J connectivity index is 1.89. The summed E-state index contributed by atoms with van der Waals surface area (Å²) in [4.78, 5) is 25.0. The molecule has 1 aliphatic heterocycles. The van der Waals surface area contributed by atoms with Crippen LogP contribution < -0.4 is 5.32 Å². The number of hydrogen-bond donors (Lipinski definition) is 2. The Bertz CT molecular complexity index is 401. The first-order valence-corrected chi connectivity index (χ1v) is 7.74. The summed E-state index contributed by atoms with van der Waals surface area (Å²) in [6, 6.07) is -0.386. The highest BCUT2D eigenvalue weighted by Crippen LogP contribution is 2.29. The van der Waals surface area contributed by atoms with E-state index >= 15 is 0 Å². The van der Waals surface area contributed by atoms with Crippen molar-refractivity contribution in [2.75, 3.05) is 20.3 Å². The van der Waals surface area contributed by atoms with Crippen molar-refractivity contribution in [3.8, 4) is 0 Å². The summed E-state index contributed by atoms with van der Waals surface area (Å²) < 4.78 is 5.22. The van der Waals surface area contributed by atoms with Gasteiger partial charge < -0.3 is 20.1 Å². The van der Waals surface area contributed by atoms with E-state index in [2.05, 4.69) is 19.2 Å². The first-order valence-electron chi connectivity index (χ1n) is 7.74. The Labute approximate surface area is 125 Å². The number of carbonyl (C=O) groups is 2. The summed E-state index contributed by atoms with van der Waals surface area (Å²) >= 11 is 0. The van der Waals surface area contributed by atoms with Gasteiger partial charge in [-0.3, -0.25) is 4.79 Å². The second-order valence-electron chi connectivity index (χ2n) is 6.57. The van der Waals surface area contributed by atoms with Crippen LogP contribution >= 0.6 is 0 Å². The standard InChI is InChI=1S/C15H26N2O4/c1-9-4-5-11(6-10(9)2)16-15(20)17(3)13-8-21-7-12(13)14(18)19/h9-13H,4-8H2,1-3H3,(H,16,20)(H,18,19). The highest BCUT2D eigenvalue weighted by molar-refractivity contribution is 5.77. The summed E-state index contributed by atoms with van der Waals surface area (Å²) in [6.45, 7) is 4.94. The van der Waals surface area contributed by atoms with Gasteiger partial charge in [-0.25, -0.2) is 4.79 Å².